The first-order valence-electron chi connectivity index (χ1n) is 11.4. The van der Waals surface area contributed by atoms with Crippen molar-refractivity contribution in [3.05, 3.63) is 42.0 Å². The lowest BCUT2D eigenvalue weighted by molar-refractivity contribution is -0.122. The standard InChI is InChI=1S/C24H31F3N4O3/c1-5-15(2)30-22(32)16(3)17-6-8-18(9-7-17)34-19-10-11-31(12-19)21-20(25)23(29-14-28-21)33-13-24(4,26)27/h6-9,14-16,19H,5,10-13H2,1-4H3,(H,30,32)/t15-,16?,19?/m1/s1. The number of nitrogens with zero attached hydrogens (tertiary/aromatic N) is 3. The molecule has 3 atom stereocenters. The summed E-state index contributed by atoms with van der Waals surface area (Å²) in [7, 11) is 0. The molecule has 1 aliphatic rings. The van der Waals surface area contributed by atoms with Gasteiger partial charge in [0.2, 0.25) is 11.7 Å². The number of alkyl halides is 2. The van der Waals surface area contributed by atoms with E-state index in [1.54, 1.807) is 4.90 Å². The van der Waals surface area contributed by atoms with Gasteiger partial charge < -0.3 is 19.7 Å². The highest BCUT2D eigenvalue weighted by molar-refractivity contribution is 5.83. The molecule has 186 valence electrons. The van der Waals surface area contributed by atoms with Crippen LogP contribution in [0.1, 0.15) is 52.0 Å². The Morgan fingerprint density at radius 1 is 1.26 bits per heavy atom. The summed E-state index contributed by atoms with van der Waals surface area (Å²) < 4.78 is 51.7. The summed E-state index contributed by atoms with van der Waals surface area (Å²) in [5.41, 5.74) is 0.884. The second kappa shape index (κ2) is 10.9. The molecule has 1 saturated heterocycles. The number of ether oxygens (including phenoxy) is 2. The molecule has 0 saturated carbocycles. The normalized spacial score (nSPS) is 17.9. The Kier molecular flexibility index (Phi) is 8.22. The Bertz CT molecular complexity index is 969. The minimum Gasteiger partial charge on any atom is -0.489 e. The number of anilines is 1. The fourth-order valence-electron chi connectivity index (χ4n) is 3.53. The highest BCUT2D eigenvalue weighted by Crippen LogP contribution is 2.29. The summed E-state index contributed by atoms with van der Waals surface area (Å²) in [4.78, 5) is 21.6. The van der Waals surface area contributed by atoms with Crippen molar-refractivity contribution < 1.29 is 27.4 Å². The van der Waals surface area contributed by atoms with Gasteiger partial charge in [-0.1, -0.05) is 19.1 Å². The highest BCUT2D eigenvalue weighted by atomic mass is 19.3. The van der Waals surface area contributed by atoms with Crippen molar-refractivity contribution in [1.29, 1.82) is 0 Å². The molecule has 0 aliphatic carbocycles. The maximum Gasteiger partial charge on any atom is 0.278 e. The van der Waals surface area contributed by atoms with E-state index >= 15 is 0 Å². The average molecular weight is 481 g/mol. The molecule has 1 aliphatic heterocycles. The van der Waals surface area contributed by atoms with E-state index < -0.39 is 24.2 Å². The number of rotatable bonds is 10. The van der Waals surface area contributed by atoms with Crippen LogP contribution in [-0.4, -0.2) is 53.6 Å². The molecule has 34 heavy (non-hydrogen) atoms. The number of hydrogen-bond donors (Lipinski definition) is 1. The lowest BCUT2D eigenvalue weighted by Gasteiger charge is -2.20. The predicted molar refractivity (Wildman–Crippen MR) is 122 cm³/mol. The Labute approximate surface area is 197 Å². The fraction of sp³-hybridized carbons (Fsp3) is 0.542. The third kappa shape index (κ3) is 6.74. The van der Waals surface area contributed by atoms with E-state index in [1.807, 2.05) is 45.0 Å². The van der Waals surface area contributed by atoms with Gasteiger partial charge in [0.25, 0.3) is 11.8 Å². The van der Waals surface area contributed by atoms with Crippen molar-refractivity contribution in [2.45, 2.75) is 64.5 Å². The van der Waals surface area contributed by atoms with Gasteiger partial charge in [0.1, 0.15) is 18.2 Å². The number of hydrogen-bond acceptors (Lipinski definition) is 6. The number of aromatic nitrogens is 2. The van der Waals surface area contributed by atoms with Crippen LogP contribution in [0.4, 0.5) is 19.0 Å². The van der Waals surface area contributed by atoms with E-state index in [0.29, 0.717) is 32.2 Å². The van der Waals surface area contributed by atoms with E-state index in [9.17, 15) is 18.0 Å². The first-order chi connectivity index (χ1) is 16.1. The quantitative estimate of drug-likeness (QED) is 0.546. The number of halogens is 3. The van der Waals surface area contributed by atoms with Crippen LogP contribution in [-0.2, 0) is 4.79 Å². The molecular weight excluding hydrogens is 449 g/mol. The van der Waals surface area contributed by atoms with Crippen LogP contribution in [0.5, 0.6) is 11.6 Å². The minimum absolute atomic E-state index is 0.00740. The Balaban J connectivity index is 1.58. The fourth-order valence-corrected chi connectivity index (χ4v) is 3.53. The van der Waals surface area contributed by atoms with Gasteiger partial charge in [-0.3, -0.25) is 4.79 Å². The van der Waals surface area contributed by atoms with Crippen molar-refractivity contribution in [3.8, 4) is 11.6 Å². The van der Waals surface area contributed by atoms with Gasteiger partial charge in [-0.15, -0.1) is 0 Å². The van der Waals surface area contributed by atoms with Crippen molar-refractivity contribution in [2.24, 2.45) is 0 Å². The number of carbonyl (C=O) groups excluding carboxylic acids is 1. The molecule has 0 radical (unpaired) electrons. The summed E-state index contributed by atoms with van der Waals surface area (Å²) in [6.45, 7) is 6.41. The molecular formula is C24H31F3N4O3. The van der Waals surface area contributed by atoms with Crippen LogP contribution in [0.2, 0.25) is 0 Å². The molecule has 1 N–H and O–H groups in total. The van der Waals surface area contributed by atoms with Crippen molar-refractivity contribution in [2.75, 3.05) is 24.6 Å². The lowest BCUT2D eigenvalue weighted by atomic mass is 10.00. The van der Waals surface area contributed by atoms with Gasteiger partial charge in [0, 0.05) is 25.9 Å². The summed E-state index contributed by atoms with van der Waals surface area (Å²) in [5, 5.41) is 2.98. The second-order valence-corrected chi connectivity index (χ2v) is 8.76. The molecule has 1 aromatic heterocycles. The SMILES string of the molecule is CC[C@@H](C)NC(=O)C(C)c1ccc(OC2CCN(c3ncnc(OCC(C)(F)F)c3F)C2)cc1. The molecule has 0 spiro atoms. The van der Waals surface area contributed by atoms with Gasteiger partial charge in [-0.2, -0.15) is 9.37 Å². The van der Waals surface area contributed by atoms with Gasteiger partial charge in [0.15, 0.2) is 12.4 Å². The first-order valence-corrected chi connectivity index (χ1v) is 11.4. The summed E-state index contributed by atoms with van der Waals surface area (Å²) in [6, 6.07) is 7.47. The second-order valence-electron chi connectivity index (χ2n) is 8.76. The van der Waals surface area contributed by atoms with Crippen molar-refractivity contribution >= 4 is 11.7 Å². The molecule has 2 heterocycles. The van der Waals surface area contributed by atoms with E-state index in [-0.39, 0.29) is 29.8 Å². The topological polar surface area (TPSA) is 76.6 Å². The molecule has 1 fully saturated rings. The van der Waals surface area contributed by atoms with Crippen LogP contribution in [0, 0.1) is 5.82 Å². The molecule has 1 aromatic carbocycles. The number of nitrogens with one attached hydrogen (secondary N) is 1. The number of benzene rings is 1. The maximum atomic E-state index is 14.7. The lowest BCUT2D eigenvalue weighted by Crippen LogP contribution is -2.35. The average Bonchev–Trinajstić information content (AvgIpc) is 3.25. The van der Waals surface area contributed by atoms with Gasteiger partial charge in [-0.05, 0) is 38.0 Å². The summed E-state index contributed by atoms with van der Waals surface area (Å²) in [5.74, 6) is -4.15. The van der Waals surface area contributed by atoms with Crippen LogP contribution in [0.3, 0.4) is 0 Å². The Morgan fingerprint density at radius 2 is 1.97 bits per heavy atom. The highest BCUT2D eigenvalue weighted by Gasteiger charge is 2.30. The smallest absolute Gasteiger partial charge is 0.278 e. The molecule has 3 rings (SSSR count). The Morgan fingerprint density at radius 3 is 2.62 bits per heavy atom. The third-order valence-corrected chi connectivity index (χ3v) is 5.72. The number of carbonyl (C=O) groups is 1. The molecule has 2 aromatic rings. The largest absolute Gasteiger partial charge is 0.489 e. The van der Waals surface area contributed by atoms with E-state index in [0.717, 1.165) is 18.3 Å². The molecule has 2 unspecified atom stereocenters. The van der Waals surface area contributed by atoms with E-state index in [1.165, 1.54) is 0 Å². The zero-order valence-corrected chi connectivity index (χ0v) is 19.9. The van der Waals surface area contributed by atoms with Gasteiger partial charge in [0.05, 0.1) is 12.5 Å². The minimum atomic E-state index is -3.10. The maximum absolute atomic E-state index is 14.7. The van der Waals surface area contributed by atoms with Crippen LogP contribution < -0.4 is 19.7 Å². The molecule has 10 heteroatoms. The van der Waals surface area contributed by atoms with Crippen LogP contribution in [0.15, 0.2) is 30.6 Å². The monoisotopic (exact) mass is 480 g/mol. The van der Waals surface area contributed by atoms with Gasteiger partial charge >= 0.3 is 0 Å². The molecule has 0 bridgehead atoms. The van der Waals surface area contributed by atoms with E-state index in [4.69, 9.17) is 9.47 Å². The van der Waals surface area contributed by atoms with Crippen molar-refractivity contribution in [3.63, 3.8) is 0 Å². The summed E-state index contributed by atoms with van der Waals surface area (Å²) >= 11 is 0. The number of amides is 1. The zero-order valence-electron chi connectivity index (χ0n) is 19.9. The Hall–Kier alpha value is -3.04. The first kappa shape index (κ1) is 25.6. The van der Waals surface area contributed by atoms with E-state index in [2.05, 4.69) is 15.3 Å². The van der Waals surface area contributed by atoms with Crippen LogP contribution >= 0.6 is 0 Å². The third-order valence-electron chi connectivity index (χ3n) is 5.72. The molecule has 7 nitrogen and oxygen atoms in total. The van der Waals surface area contributed by atoms with Crippen LogP contribution in [0.25, 0.3) is 0 Å². The zero-order chi connectivity index (χ0) is 24.9. The predicted octanol–water partition coefficient (Wildman–Crippen LogP) is 4.33. The summed E-state index contributed by atoms with van der Waals surface area (Å²) in [6.07, 6.45) is 2.37. The molecule has 1 amide bonds. The van der Waals surface area contributed by atoms with Gasteiger partial charge in [-0.25, -0.2) is 13.8 Å². The van der Waals surface area contributed by atoms with Crippen molar-refractivity contribution in [1.82, 2.24) is 15.3 Å².